The molecular formula is C10H18N4O4. The molecule has 18 heavy (non-hydrogen) atoms. The Morgan fingerprint density at radius 2 is 0.889 bits per heavy atom. The Labute approximate surface area is 105 Å². The van der Waals surface area contributed by atoms with Gasteiger partial charge in [0.2, 0.25) is 11.8 Å². The predicted octanol–water partition coefficient (Wildman–Crippen LogP) is -2.51. The summed E-state index contributed by atoms with van der Waals surface area (Å²) in [6, 6.07) is 0. The van der Waals surface area contributed by atoms with E-state index in [9.17, 15) is 19.2 Å². The zero-order chi connectivity index (χ0) is 14.0. The zero-order valence-electron chi connectivity index (χ0n) is 10.5. The van der Waals surface area contributed by atoms with E-state index in [0.29, 0.717) is 0 Å². The highest BCUT2D eigenvalue weighted by Gasteiger charge is 2.11. The van der Waals surface area contributed by atoms with Crippen LogP contribution in [0.25, 0.3) is 0 Å². The van der Waals surface area contributed by atoms with Crippen LogP contribution in [0.4, 0.5) is 0 Å². The number of amides is 4. The molecule has 0 unspecified atom stereocenters. The SMILES string of the molecule is CC(=O)NCCNC(=O)C(=O)NCCNC(C)=O. The molecular weight excluding hydrogens is 240 g/mol. The average molecular weight is 258 g/mol. The van der Waals surface area contributed by atoms with Crippen molar-refractivity contribution in [2.75, 3.05) is 26.2 Å². The van der Waals surface area contributed by atoms with Crippen molar-refractivity contribution in [3.05, 3.63) is 0 Å². The first-order valence-electron chi connectivity index (χ1n) is 5.48. The van der Waals surface area contributed by atoms with Gasteiger partial charge in [0, 0.05) is 40.0 Å². The molecule has 0 saturated heterocycles. The number of hydrogen-bond donors (Lipinski definition) is 4. The second-order valence-electron chi connectivity index (χ2n) is 3.48. The van der Waals surface area contributed by atoms with Crippen molar-refractivity contribution in [2.45, 2.75) is 13.8 Å². The molecule has 0 bridgehead atoms. The first-order chi connectivity index (χ1) is 8.43. The summed E-state index contributed by atoms with van der Waals surface area (Å²) in [6.45, 7) is 3.60. The molecule has 0 aliphatic carbocycles. The van der Waals surface area contributed by atoms with Gasteiger partial charge in [-0.15, -0.1) is 0 Å². The Morgan fingerprint density at radius 3 is 1.17 bits per heavy atom. The molecule has 0 rings (SSSR count). The second-order valence-corrected chi connectivity index (χ2v) is 3.48. The lowest BCUT2D eigenvalue weighted by molar-refractivity contribution is -0.139. The van der Waals surface area contributed by atoms with Gasteiger partial charge in [-0.1, -0.05) is 0 Å². The number of hydrogen-bond acceptors (Lipinski definition) is 4. The maximum atomic E-state index is 11.2. The smallest absolute Gasteiger partial charge is 0.309 e. The third-order valence-electron chi connectivity index (χ3n) is 1.78. The van der Waals surface area contributed by atoms with Crippen LogP contribution in [0.1, 0.15) is 13.8 Å². The van der Waals surface area contributed by atoms with E-state index in [2.05, 4.69) is 21.3 Å². The molecule has 0 aromatic heterocycles. The third-order valence-corrected chi connectivity index (χ3v) is 1.78. The van der Waals surface area contributed by atoms with Gasteiger partial charge in [-0.05, 0) is 0 Å². The van der Waals surface area contributed by atoms with Gasteiger partial charge in [0.25, 0.3) is 0 Å². The number of carbonyl (C=O) groups is 4. The highest BCUT2D eigenvalue weighted by molar-refractivity contribution is 6.35. The highest BCUT2D eigenvalue weighted by atomic mass is 16.2. The summed E-state index contributed by atoms with van der Waals surface area (Å²) in [5.74, 6) is -1.96. The van der Waals surface area contributed by atoms with Crippen molar-refractivity contribution >= 4 is 23.6 Å². The first kappa shape index (κ1) is 15.9. The van der Waals surface area contributed by atoms with Crippen LogP contribution in [0, 0.1) is 0 Å². The van der Waals surface area contributed by atoms with Crippen molar-refractivity contribution in [2.24, 2.45) is 0 Å². The van der Waals surface area contributed by atoms with Crippen LogP contribution >= 0.6 is 0 Å². The summed E-state index contributed by atoms with van der Waals surface area (Å²) >= 11 is 0. The fourth-order valence-corrected chi connectivity index (χ4v) is 0.990. The molecule has 0 fully saturated rings. The maximum absolute atomic E-state index is 11.2. The molecule has 0 radical (unpaired) electrons. The number of nitrogens with one attached hydrogen (secondary N) is 4. The third kappa shape index (κ3) is 9.13. The summed E-state index contributed by atoms with van der Waals surface area (Å²) in [5.41, 5.74) is 0. The van der Waals surface area contributed by atoms with Crippen LogP contribution in [0.3, 0.4) is 0 Å². The standard InChI is InChI=1S/C10H18N4O4/c1-7(15)11-3-5-13-9(17)10(18)14-6-4-12-8(2)16/h3-6H2,1-2H3,(H,11,15)(H,12,16)(H,13,17)(H,14,18). The Bertz CT molecular complexity index is 298. The zero-order valence-corrected chi connectivity index (χ0v) is 10.5. The summed E-state index contributed by atoms with van der Waals surface area (Å²) in [5, 5.41) is 9.61. The van der Waals surface area contributed by atoms with E-state index >= 15 is 0 Å². The van der Waals surface area contributed by atoms with Crippen molar-refractivity contribution in [3.8, 4) is 0 Å². The fraction of sp³-hybridized carbons (Fsp3) is 0.600. The van der Waals surface area contributed by atoms with Crippen LogP contribution in [0.2, 0.25) is 0 Å². The minimum Gasteiger partial charge on any atom is -0.355 e. The Kier molecular flexibility index (Phi) is 7.91. The van der Waals surface area contributed by atoms with Crippen molar-refractivity contribution in [1.29, 1.82) is 0 Å². The molecule has 0 aliphatic heterocycles. The minimum atomic E-state index is -0.775. The van der Waals surface area contributed by atoms with E-state index < -0.39 is 11.8 Å². The second kappa shape index (κ2) is 8.97. The van der Waals surface area contributed by atoms with E-state index in [-0.39, 0.29) is 38.0 Å². The van der Waals surface area contributed by atoms with E-state index in [0.717, 1.165) is 0 Å². The molecule has 0 atom stereocenters. The summed E-state index contributed by atoms with van der Waals surface area (Å²) < 4.78 is 0. The van der Waals surface area contributed by atoms with Crippen molar-refractivity contribution in [1.82, 2.24) is 21.3 Å². The van der Waals surface area contributed by atoms with Crippen molar-refractivity contribution < 1.29 is 19.2 Å². The number of carbonyl (C=O) groups excluding carboxylic acids is 4. The molecule has 0 aromatic carbocycles. The molecule has 4 N–H and O–H groups in total. The van der Waals surface area contributed by atoms with Gasteiger partial charge in [-0.2, -0.15) is 0 Å². The monoisotopic (exact) mass is 258 g/mol. The Hall–Kier alpha value is -2.12. The van der Waals surface area contributed by atoms with Crippen LogP contribution in [0.5, 0.6) is 0 Å². The van der Waals surface area contributed by atoms with Crippen molar-refractivity contribution in [3.63, 3.8) is 0 Å². The highest BCUT2D eigenvalue weighted by Crippen LogP contribution is 1.70. The lowest BCUT2D eigenvalue weighted by atomic mass is 10.4. The molecule has 8 heteroatoms. The Balaban J connectivity index is 3.60. The topological polar surface area (TPSA) is 116 Å². The van der Waals surface area contributed by atoms with Crippen LogP contribution < -0.4 is 21.3 Å². The lowest BCUT2D eigenvalue weighted by Crippen LogP contribution is -2.44. The van der Waals surface area contributed by atoms with Crippen LogP contribution in [-0.2, 0) is 19.2 Å². The minimum absolute atomic E-state index is 0.178. The molecule has 0 heterocycles. The van der Waals surface area contributed by atoms with Crippen LogP contribution in [0.15, 0.2) is 0 Å². The van der Waals surface area contributed by atoms with Gasteiger partial charge in [0.1, 0.15) is 0 Å². The van der Waals surface area contributed by atoms with Gasteiger partial charge in [-0.25, -0.2) is 0 Å². The largest absolute Gasteiger partial charge is 0.355 e. The summed E-state index contributed by atoms with van der Waals surface area (Å²) in [6.07, 6.45) is 0. The fourth-order valence-electron chi connectivity index (χ4n) is 0.990. The Morgan fingerprint density at radius 1 is 0.611 bits per heavy atom. The molecule has 0 spiro atoms. The molecule has 0 aliphatic rings. The van der Waals surface area contributed by atoms with E-state index in [1.807, 2.05) is 0 Å². The quantitative estimate of drug-likeness (QED) is 0.311. The van der Waals surface area contributed by atoms with E-state index in [1.54, 1.807) is 0 Å². The van der Waals surface area contributed by atoms with Gasteiger partial charge in [0.05, 0.1) is 0 Å². The van der Waals surface area contributed by atoms with Gasteiger partial charge >= 0.3 is 11.8 Å². The van der Waals surface area contributed by atoms with Crippen LogP contribution in [-0.4, -0.2) is 49.8 Å². The van der Waals surface area contributed by atoms with Gasteiger partial charge in [0.15, 0.2) is 0 Å². The lowest BCUT2D eigenvalue weighted by Gasteiger charge is -2.07. The van der Waals surface area contributed by atoms with Gasteiger partial charge in [-0.3, -0.25) is 19.2 Å². The maximum Gasteiger partial charge on any atom is 0.309 e. The molecule has 4 amide bonds. The predicted molar refractivity (Wildman–Crippen MR) is 63.4 cm³/mol. The van der Waals surface area contributed by atoms with Gasteiger partial charge < -0.3 is 21.3 Å². The summed E-state index contributed by atoms with van der Waals surface area (Å²) in [4.78, 5) is 43.4. The first-order valence-corrected chi connectivity index (χ1v) is 5.48. The normalized spacial score (nSPS) is 9.22. The molecule has 0 aromatic rings. The molecule has 102 valence electrons. The molecule has 8 nitrogen and oxygen atoms in total. The van der Waals surface area contributed by atoms with E-state index in [4.69, 9.17) is 0 Å². The average Bonchev–Trinajstić information content (AvgIpc) is 2.29. The van der Waals surface area contributed by atoms with E-state index in [1.165, 1.54) is 13.8 Å². The summed E-state index contributed by atoms with van der Waals surface area (Å²) in [7, 11) is 0. The number of rotatable bonds is 6. The molecule has 0 saturated carbocycles.